The molecule has 0 saturated heterocycles. The lowest BCUT2D eigenvalue weighted by Crippen LogP contribution is -2.12. The number of halogens is 2. The first-order valence-corrected chi connectivity index (χ1v) is 8.04. The quantitative estimate of drug-likeness (QED) is 0.644. The molecule has 1 amide bonds. The number of Topliss-reactive ketones (excluding diaryl/α,β-unsaturated/α-hetero) is 1. The topological polar surface area (TPSA) is 72.2 Å². The summed E-state index contributed by atoms with van der Waals surface area (Å²) < 4.78 is 5.20. The molecular weight excluding hydrogens is 363 g/mol. The van der Waals surface area contributed by atoms with Gasteiger partial charge in [-0.25, -0.2) is 0 Å². The van der Waals surface area contributed by atoms with Crippen molar-refractivity contribution in [3.8, 4) is 11.3 Å². The predicted octanol–water partition coefficient (Wildman–Crippen LogP) is 5.10. The molecule has 5 nitrogen and oxygen atoms in total. The van der Waals surface area contributed by atoms with Crippen molar-refractivity contribution in [3.05, 3.63) is 69.8 Å². The van der Waals surface area contributed by atoms with Gasteiger partial charge in [0.2, 0.25) is 0 Å². The number of hydrogen-bond donors (Lipinski definition) is 1. The van der Waals surface area contributed by atoms with Crippen LogP contribution >= 0.6 is 23.2 Å². The lowest BCUT2D eigenvalue weighted by atomic mass is 10.1. The molecule has 0 unspecified atom stereocenters. The highest BCUT2D eigenvalue weighted by molar-refractivity contribution is 6.36. The smallest absolute Gasteiger partial charge is 0.277 e. The number of hydrogen-bond acceptors (Lipinski definition) is 4. The Bertz CT molecular complexity index is 949. The van der Waals surface area contributed by atoms with E-state index < -0.39 is 5.91 Å². The van der Waals surface area contributed by atoms with Gasteiger partial charge in [-0.05, 0) is 49.4 Å². The fourth-order valence-electron chi connectivity index (χ4n) is 2.18. The third kappa shape index (κ3) is 3.90. The monoisotopic (exact) mass is 374 g/mol. The van der Waals surface area contributed by atoms with Crippen molar-refractivity contribution in [1.82, 2.24) is 5.16 Å². The van der Waals surface area contributed by atoms with Gasteiger partial charge in [0.1, 0.15) is 0 Å². The molecule has 126 valence electrons. The van der Waals surface area contributed by atoms with E-state index in [4.69, 9.17) is 27.7 Å². The lowest BCUT2D eigenvalue weighted by Gasteiger charge is -2.03. The summed E-state index contributed by atoms with van der Waals surface area (Å²) in [4.78, 5) is 23.5. The summed E-state index contributed by atoms with van der Waals surface area (Å²) in [6.07, 6.45) is 0. The number of ketones is 1. The molecule has 1 N–H and O–H groups in total. The maximum atomic E-state index is 12.3. The molecule has 3 aromatic rings. The Morgan fingerprint density at radius 2 is 1.76 bits per heavy atom. The maximum absolute atomic E-state index is 12.3. The molecule has 0 saturated carbocycles. The summed E-state index contributed by atoms with van der Waals surface area (Å²) in [5.41, 5.74) is 1.81. The summed E-state index contributed by atoms with van der Waals surface area (Å²) >= 11 is 12.0. The van der Waals surface area contributed by atoms with Crippen molar-refractivity contribution >= 4 is 40.6 Å². The van der Waals surface area contributed by atoms with Crippen LogP contribution in [0.5, 0.6) is 0 Å². The molecule has 25 heavy (non-hydrogen) atoms. The number of carbonyl (C=O) groups is 2. The van der Waals surface area contributed by atoms with E-state index in [1.54, 1.807) is 42.5 Å². The van der Waals surface area contributed by atoms with Crippen molar-refractivity contribution in [2.24, 2.45) is 0 Å². The second kappa shape index (κ2) is 7.09. The highest BCUT2D eigenvalue weighted by Crippen LogP contribution is 2.30. The van der Waals surface area contributed by atoms with Crippen molar-refractivity contribution in [1.29, 1.82) is 0 Å². The SMILES string of the molecule is CC(=O)c1ccc(NC(=O)c2cc(-c3ccc(Cl)cc3Cl)on2)cc1. The molecule has 7 heteroatoms. The number of nitrogens with zero attached hydrogens (tertiary/aromatic N) is 1. The third-order valence-electron chi connectivity index (χ3n) is 3.49. The Balaban J connectivity index is 1.77. The first-order valence-electron chi connectivity index (χ1n) is 7.28. The van der Waals surface area contributed by atoms with Crippen LogP contribution in [-0.2, 0) is 0 Å². The molecule has 2 aromatic carbocycles. The maximum Gasteiger partial charge on any atom is 0.277 e. The van der Waals surface area contributed by atoms with Gasteiger partial charge in [0.05, 0.1) is 5.02 Å². The largest absolute Gasteiger partial charge is 0.355 e. The Kier molecular flexibility index (Phi) is 4.88. The zero-order chi connectivity index (χ0) is 18.0. The standard InChI is InChI=1S/C18H12Cl2N2O3/c1-10(23)11-2-5-13(6-3-11)21-18(24)16-9-17(25-22-16)14-7-4-12(19)8-15(14)20/h2-9H,1H3,(H,21,24). The number of anilines is 1. The van der Waals surface area contributed by atoms with Crippen LogP contribution in [0, 0.1) is 0 Å². The van der Waals surface area contributed by atoms with Crippen LogP contribution < -0.4 is 5.32 Å². The zero-order valence-corrected chi connectivity index (χ0v) is 14.6. The highest BCUT2D eigenvalue weighted by Gasteiger charge is 2.16. The van der Waals surface area contributed by atoms with Gasteiger partial charge < -0.3 is 9.84 Å². The molecular formula is C18H12Cl2N2O3. The van der Waals surface area contributed by atoms with Crippen molar-refractivity contribution in [3.63, 3.8) is 0 Å². The number of nitrogens with one attached hydrogen (secondary N) is 1. The normalized spacial score (nSPS) is 10.5. The van der Waals surface area contributed by atoms with Crippen LogP contribution in [0.15, 0.2) is 53.1 Å². The van der Waals surface area contributed by atoms with Gasteiger partial charge in [-0.2, -0.15) is 0 Å². The second-order valence-corrected chi connectivity index (χ2v) is 6.13. The van der Waals surface area contributed by atoms with E-state index in [0.717, 1.165) is 0 Å². The minimum atomic E-state index is -0.435. The fourth-order valence-corrected chi connectivity index (χ4v) is 2.68. The van der Waals surface area contributed by atoms with Crippen molar-refractivity contribution < 1.29 is 14.1 Å². The van der Waals surface area contributed by atoms with Crippen molar-refractivity contribution in [2.45, 2.75) is 6.92 Å². The molecule has 0 spiro atoms. The summed E-state index contributed by atoms with van der Waals surface area (Å²) in [6, 6.07) is 13.0. The van der Waals surface area contributed by atoms with Gasteiger partial charge >= 0.3 is 0 Å². The third-order valence-corrected chi connectivity index (χ3v) is 4.04. The molecule has 0 aliphatic carbocycles. The molecule has 3 rings (SSSR count). The molecule has 0 aliphatic heterocycles. The summed E-state index contributed by atoms with van der Waals surface area (Å²) in [7, 11) is 0. The molecule has 0 atom stereocenters. The van der Waals surface area contributed by atoms with E-state index in [1.807, 2.05) is 0 Å². The molecule has 0 fully saturated rings. The Morgan fingerprint density at radius 3 is 2.40 bits per heavy atom. The van der Waals surface area contributed by atoms with E-state index in [9.17, 15) is 9.59 Å². The molecule has 0 radical (unpaired) electrons. The number of aromatic nitrogens is 1. The number of benzene rings is 2. The first-order chi connectivity index (χ1) is 11.9. The molecule has 1 heterocycles. The van der Waals surface area contributed by atoms with E-state index in [2.05, 4.69) is 10.5 Å². The van der Waals surface area contributed by atoms with Crippen LogP contribution in [0.2, 0.25) is 10.0 Å². The van der Waals surface area contributed by atoms with Crippen LogP contribution in [-0.4, -0.2) is 16.8 Å². The van der Waals surface area contributed by atoms with Gasteiger partial charge in [-0.1, -0.05) is 28.4 Å². The number of carbonyl (C=O) groups excluding carboxylic acids is 2. The average molecular weight is 375 g/mol. The van der Waals surface area contributed by atoms with E-state index in [-0.39, 0.29) is 11.5 Å². The molecule has 0 bridgehead atoms. The minimum absolute atomic E-state index is 0.0427. The minimum Gasteiger partial charge on any atom is -0.355 e. The Morgan fingerprint density at radius 1 is 1.04 bits per heavy atom. The number of rotatable bonds is 4. The summed E-state index contributed by atoms with van der Waals surface area (Å²) in [5, 5.41) is 7.35. The zero-order valence-electron chi connectivity index (χ0n) is 13.0. The van der Waals surface area contributed by atoms with Crippen molar-refractivity contribution in [2.75, 3.05) is 5.32 Å². The molecule has 0 aliphatic rings. The average Bonchev–Trinajstić information content (AvgIpc) is 3.05. The van der Waals surface area contributed by atoms with Crippen LogP contribution in [0.4, 0.5) is 5.69 Å². The van der Waals surface area contributed by atoms with E-state index in [1.165, 1.54) is 13.0 Å². The summed E-state index contributed by atoms with van der Waals surface area (Å²) in [5.74, 6) is -0.117. The van der Waals surface area contributed by atoms with Gasteiger partial charge in [0.15, 0.2) is 17.2 Å². The van der Waals surface area contributed by atoms with Crippen LogP contribution in [0.3, 0.4) is 0 Å². The fraction of sp³-hybridized carbons (Fsp3) is 0.0556. The number of amides is 1. The van der Waals surface area contributed by atoms with E-state index in [0.29, 0.717) is 32.6 Å². The van der Waals surface area contributed by atoms with Gasteiger partial charge in [0, 0.05) is 27.9 Å². The Hall–Kier alpha value is -2.63. The van der Waals surface area contributed by atoms with Gasteiger partial charge in [0.25, 0.3) is 5.91 Å². The summed E-state index contributed by atoms with van der Waals surface area (Å²) in [6.45, 7) is 1.48. The lowest BCUT2D eigenvalue weighted by molar-refractivity contribution is 0.101. The molecule has 1 aromatic heterocycles. The second-order valence-electron chi connectivity index (χ2n) is 5.29. The van der Waals surface area contributed by atoms with E-state index >= 15 is 0 Å². The predicted molar refractivity (Wildman–Crippen MR) is 96.4 cm³/mol. The highest BCUT2D eigenvalue weighted by atomic mass is 35.5. The first kappa shape index (κ1) is 17.2. The van der Waals surface area contributed by atoms with Crippen LogP contribution in [0.1, 0.15) is 27.8 Å². The van der Waals surface area contributed by atoms with Gasteiger partial charge in [-0.15, -0.1) is 0 Å². The van der Waals surface area contributed by atoms with Crippen LogP contribution in [0.25, 0.3) is 11.3 Å². The Labute approximate surface area is 153 Å². The van der Waals surface area contributed by atoms with Gasteiger partial charge in [-0.3, -0.25) is 9.59 Å².